The standard InChI is InChI=1S/C21H25F4N5.HI/c1-26-20(29-14-16-5-6-17(22)12-18(16)21(23,24)25)28-13-15-7-8-27-19(11-15)30-9-3-2-4-10-30;/h5-8,11-12H,2-4,9-10,13-14H2,1H3,(H2,26,28,29);1H. The van der Waals surface area contributed by atoms with Crippen LogP contribution in [0.5, 0.6) is 0 Å². The molecule has 10 heteroatoms. The Morgan fingerprint density at radius 1 is 1.06 bits per heavy atom. The summed E-state index contributed by atoms with van der Waals surface area (Å²) in [6.07, 6.45) is 0.682. The number of nitrogens with zero attached hydrogens (tertiary/aromatic N) is 3. The van der Waals surface area contributed by atoms with Crippen molar-refractivity contribution < 1.29 is 17.6 Å². The molecule has 0 spiro atoms. The predicted octanol–water partition coefficient (Wildman–Crippen LogP) is 4.71. The number of benzene rings is 1. The van der Waals surface area contributed by atoms with E-state index in [1.165, 1.54) is 13.5 Å². The zero-order valence-electron chi connectivity index (χ0n) is 17.2. The van der Waals surface area contributed by atoms with E-state index in [9.17, 15) is 17.6 Å². The molecule has 1 saturated heterocycles. The van der Waals surface area contributed by atoms with Crippen molar-refractivity contribution in [2.45, 2.75) is 38.5 Å². The van der Waals surface area contributed by atoms with Gasteiger partial charge in [0.15, 0.2) is 5.96 Å². The first-order valence-corrected chi connectivity index (χ1v) is 9.87. The molecule has 1 aliphatic rings. The van der Waals surface area contributed by atoms with Crippen LogP contribution in [0, 0.1) is 5.82 Å². The number of guanidine groups is 1. The summed E-state index contributed by atoms with van der Waals surface area (Å²) >= 11 is 0. The zero-order valence-corrected chi connectivity index (χ0v) is 19.5. The van der Waals surface area contributed by atoms with Crippen molar-refractivity contribution in [3.05, 3.63) is 59.0 Å². The van der Waals surface area contributed by atoms with Gasteiger partial charge in [0.25, 0.3) is 0 Å². The van der Waals surface area contributed by atoms with E-state index in [0.29, 0.717) is 18.6 Å². The summed E-state index contributed by atoms with van der Waals surface area (Å²) in [5.41, 5.74) is -0.0554. The van der Waals surface area contributed by atoms with Gasteiger partial charge in [-0.2, -0.15) is 13.2 Å². The van der Waals surface area contributed by atoms with Crippen molar-refractivity contribution in [1.29, 1.82) is 0 Å². The minimum Gasteiger partial charge on any atom is -0.357 e. The number of piperidine rings is 1. The Labute approximate surface area is 196 Å². The summed E-state index contributed by atoms with van der Waals surface area (Å²) in [5.74, 6) is 0.359. The van der Waals surface area contributed by atoms with Crippen LogP contribution >= 0.6 is 24.0 Å². The third-order valence-corrected chi connectivity index (χ3v) is 5.00. The van der Waals surface area contributed by atoms with Crippen LogP contribution in [0.3, 0.4) is 0 Å². The maximum absolute atomic E-state index is 13.3. The summed E-state index contributed by atoms with van der Waals surface area (Å²) in [6.45, 7) is 2.29. The van der Waals surface area contributed by atoms with Crippen molar-refractivity contribution in [2.75, 3.05) is 25.0 Å². The lowest BCUT2D eigenvalue weighted by Gasteiger charge is -2.28. The van der Waals surface area contributed by atoms with Crippen molar-refractivity contribution in [3.8, 4) is 0 Å². The van der Waals surface area contributed by atoms with Crippen molar-refractivity contribution >= 4 is 35.8 Å². The molecular weight excluding hydrogens is 525 g/mol. The van der Waals surface area contributed by atoms with Gasteiger partial charge in [0.2, 0.25) is 0 Å². The normalized spacial score (nSPS) is 14.7. The molecule has 5 nitrogen and oxygen atoms in total. The fourth-order valence-electron chi connectivity index (χ4n) is 3.42. The van der Waals surface area contributed by atoms with Crippen molar-refractivity contribution in [1.82, 2.24) is 15.6 Å². The molecule has 170 valence electrons. The maximum atomic E-state index is 13.3. The molecule has 3 rings (SSSR count). The summed E-state index contributed by atoms with van der Waals surface area (Å²) in [5, 5.41) is 5.95. The number of anilines is 1. The van der Waals surface area contributed by atoms with E-state index in [4.69, 9.17) is 0 Å². The van der Waals surface area contributed by atoms with E-state index in [2.05, 4.69) is 25.5 Å². The molecule has 0 radical (unpaired) electrons. The lowest BCUT2D eigenvalue weighted by atomic mass is 10.1. The zero-order chi connectivity index (χ0) is 21.6. The highest BCUT2D eigenvalue weighted by atomic mass is 127. The number of hydrogen-bond acceptors (Lipinski definition) is 3. The second-order valence-corrected chi connectivity index (χ2v) is 7.15. The van der Waals surface area contributed by atoms with E-state index in [0.717, 1.165) is 49.4 Å². The average Bonchev–Trinajstić information content (AvgIpc) is 2.75. The van der Waals surface area contributed by atoms with Crippen molar-refractivity contribution in [3.63, 3.8) is 0 Å². The molecule has 0 saturated carbocycles. The molecule has 0 amide bonds. The van der Waals surface area contributed by atoms with Gasteiger partial charge in [-0.25, -0.2) is 9.37 Å². The number of nitrogens with one attached hydrogen (secondary N) is 2. The second kappa shape index (κ2) is 11.5. The number of halogens is 5. The highest BCUT2D eigenvalue weighted by molar-refractivity contribution is 14.0. The van der Waals surface area contributed by atoms with Crippen molar-refractivity contribution in [2.24, 2.45) is 4.99 Å². The fraction of sp³-hybridized carbons (Fsp3) is 0.429. The van der Waals surface area contributed by atoms with Crippen LogP contribution in [0.25, 0.3) is 0 Å². The summed E-state index contributed by atoms with van der Waals surface area (Å²) in [6, 6.07) is 6.54. The highest BCUT2D eigenvalue weighted by Gasteiger charge is 2.33. The van der Waals surface area contributed by atoms with E-state index in [-0.39, 0.29) is 36.1 Å². The lowest BCUT2D eigenvalue weighted by Crippen LogP contribution is -2.37. The van der Waals surface area contributed by atoms with Crippen LogP contribution in [0.4, 0.5) is 23.4 Å². The molecule has 1 aromatic heterocycles. The Bertz CT molecular complexity index is 882. The molecule has 2 heterocycles. The van der Waals surface area contributed by atoms with Crippen LogP contribution in [0.2, 0.25) is 0 Å². The minimum absolute atomic E-state index is 0. The van der Waals surface area contributed by atoms with Crippen LogP contribution in [-0.2, 0) is 19.3 Å². The largest absolute Gasteiger partial charge is 0.416 e. The molecule has 2 aromatic rings. The van der Waals surface area contributed by atoms with Crippen LogP contribution < -0.4 is 15.5 Å². The molecule has 0 atom stereocenters. The number of hydrogen-bond donors (Lipinski definition) is 2. The highest BCUT2D eigenvalue weighted by Crippen LogP contribution is 2.32. The maximum Gasteiger partial charge on any atom is 0.416 e. The van der Waals surface area contributed by atoms with Gasteiger partial charge in [-0.1, -0.05) is 6.07 Å². The van der Waals surface area contributed by atoms with Crippen LogP contribution in [0.1, 0.15) is 36.0 Å². The van der Waals surface area contributed by atoms with Gasteiger partial charge < -0.3 is 15.5 Å². The first-order chi connectivity index (χ1) is 14.4. The van der Waals surface area contributed by atoms with Crippen LogP contribution in [-0.4, -0.2) is 31.1 Å². The third kappa shape index (κ3) is 7.22. The average molecular weight is 551 g/mol. The number of pyridine rings is 1. The van der Waals surface area contributed by atoms with E-state index < -0.39 is 17.6 Å². The Morgan fingerprint density at radius 3 is 2.45 bits per heavy atom. The summed E-state index contributed by atoms with van der Waals surface area (Å²) in [4.78, 5) is 10.8. The number of rotatable bonds is 5. The Balaban J connectivity index is 0.00000341. The smallest absolute Gasteiger partial charge is 0.357 e. The second-order valence-electron chi connectivity index (χ2n) is 7.15. The fourth-order valence-corrected chi connectivity index (χ4v) is 3.42. The summed E-state index contributed by atoms with van der Waals surface area (Å²) in [7, 11) is 1.54. The molecule has 2 N–H and O–H groups in total. The molecule has 1 aromatic carbocycles. The third-order valence-electron chi connectivity index (χ3n) is 5.00. The van der Waals surface area contributed by atoms with E-state index in [1.54, 1.807) is 6.20 Å². The Hall–Kier alpha value is -2.11. The predicted molar refractivity (Wildman–Crippen MR) is 124 cm³/mol. The molecule has 0 bridgehead atoms. The van der Waals surface area contributed by atoms with Gasteiger partial charge in [-0.3, -0.25) is 4.99 Å². The molecule has 1 aliphatic heterocycles. The lowest BCUT2D eigenvalue weighted by molar-refractivity contribution is -0.138. The molecule has 1 fully saturated rings. The number of alkyl halides is 3. The molecule has 0 unspecified atom stereocenters. The van der Waals surface area contributed by atoms with Gasteiger partial charge in [0.05, 0.1) is 5.56 Å². The first kappa shape index (κ1) is 25.2. The van der Waals surface area contributed by atoms with Gasteiger partial charge in [0, 0.05) is 39.4 Å². The monoisotopic (exact) mass is 551 g/mol. The molecule has 31 heavy (non-hydrogen) atoms. The van der Waals surface area contributed by atoms with E-state index >= 15 is 0 Å². The SMILES string of the molecule is CN=C(NCc1ccnc(N2CCCCC2)c1)NCc1ccc(F)cc1C(F)(F)F.I. The number of aliphatic imine (C=N–C) groups is 1. The molecule has 0 aliphatic carbocycles. The van der Waals surface area contributed by atoms with Gasteiger partial charge in [-0.15, -0.1) is 24.0 Å². The summed E-state index contributed by atoms with van der Waals surface area (Å²) < 4.78 is 52.7. The topological polar surface area (TPSA) is 52.6 Å². The van der Waals surface area contributed by atoms with E-state index in [1.807, 2.05) is 12.1 Å². The minimum atomic E-state index is -4.63. The first-order valence-electron chi connectivity index (χ1n) is 9.87. The van der Waals surface area contributed by atoms with Gasteiger partial charge >= 0.3 is 6.18 Å². The number of aromatic nitrogens is 1. The van der Waals surface area contributed by atoms with Crippen LogP contribution in [0.15, 0.2) is 41.5 Å². The molecular formula is C21H26F4IN5. The Kier molecular flexibility index (Phi) is 9.32. The quantitative estimate of drug-likeness (QED) is 0.245. The van der Waals surface area contributed by atoms with Gasteiger partial charge in [-0.05, 0) is 54.7 Å². The van der Waals surface area contributed by atoms with Gasteiger partial charge in [0.1, 0.15) is 11.6 Å². The Morgan fingerprint density at radius 2 is 1.77 bits per heavy atom.